The molecule has 1 aromatic carbocycles. The summed E-state index contributed by atoms with van der Waals surface area (Å²) in [5, 5.41) is 10.3. The lowest BCUT2D eigenvalue weighted by Crippen LogP contribution is -2.13. The smallest absolute Gasteiger partial charge is 0.396 e. The van der Waals surface area contributed by atoms with Crippen molar-refractivity contribution in [3.05, 3.63) is 33.6 Å². The van der Waals surface area contributed by atoms with Crippen LogP contribution in [0.25, 0.3) is 0 Å². The fourth-order valence-electron chi connectivity index (χ4n) is 1.03. The Morgan fingerprint density at radius 2 is 1.87 bits per heavy atom. The van der Waals surface area contributed by atoms with Crippen LogP contribution >= 0.6 is 0 Å². The van der Waals surface area contributed by atoms with E-state index in [0.29, 0.717) is 12.1 Å². The van der Waals surface area contributed by atoms with Gasteiger partial charge >= 0.3 is 6.18 Å². The first kappa shape index (κ1) is 11.2. The SMILES string of the molecule is Nc1c(F)ccc([N+](=O)[O-])c1C(F)(F)F. The van der Waals surface area contributed by atoms with Gasteiger partial charge < -0.3 is 5.73 Å². The molecular weight excluding hydrogens is 220 g/mol. The molecule has 0 amide bonds. The highest BCUT2D eigenvalue weighted by Gasteiger charge is 2.41. The minimum atomic E-state index is -5.06. The summed E-state index contributed by atoms with van der Waals surface area (Å²) in [6.07, 6.45) is -5.06. The lowest BCUT2D eigenvalue weighted by Gasteiger charge is -2.10. The molecular formula is C7H4F4N2O2. The van der Waals surface area contributed by atoms with E-state index in [1.54, 1.807) is 0 Å². The van der Waals surface area contributed by atoms with Gasteiger partial charge in [0, 0.05) is 6.07 Å². The van der Waals surface area contributed by atoms with Crippen LogP contribution in [0.5, 0.6) is 0 Å². The third kappa shape index (κ3) is 1.97. The second-order valence-electron chi connectivity index (χ2n) is 2.61. The van der Waals surface area contributed by atoms with Crippen molar-refractivity contribution in [3.63, 3.8) is 0 Å². The van der Waals surface area contributed by atoms with Crippen LogP contribution in [0.2, 0.25) is 0 Å². The Labute approximate surface area is 80.5 Å². The van der Waals surface area contributed by atoms with Crippen molar-refractivity contribution >= 4 is 11.4 Å². The Morgan fingerprint density at radius 1 is 1.33 bits per heavy atom. The van der Waals surface area contributed by atoms with Crippen molar-refractivity contribution in [2.45, 2.75) is 6.18 Å². The number of hydrogen-bond donors (Lipinski definition) is 1. The van der Waals surface area contributed by atoms with Crippen molar-refractivity contribution in [1.82, 2.24) is 0 Å². The highest BCUT2D eigenvalue weighted by molar-refractivity contribution is 5.60. The first-order valence-corrected chi connectivity index (χ1v) is 3.54. The molecule has 8 heteroatoms. The number of nitrogen functional groups attached to an aromatic ring is 1. The highest BCUT2D eigenvalue weighted by Crippen LogP contribution is 2.40. The molecule has 15 heavy (non-hydrogen) atoms. The number of nitro benzene ring substituents is 1. The lowest BCUT2D eigenvalue weighted by atomic mass is 10.1. The van der Waals surface area contributed by atoms with E-state index in [4.69, 9.17) is 5.73 Å². The van der Waals surface area contributed by atoms with Crippen molar-refractivity contribution in [2.24, 2.45) is 0 Å². The Morgan fingerprint density at radius 3 is 2.27 bits per heavy atom. The number of nitrogens with zero attached hydrogens (tertiary/aromatic N) is 1. The molecule has 0 fully saturated rings. The summed E-state index contributed by atoms with van der Waals surface area (Å²) in [6, 6.07) is 0.942. The van der Waals surface area contributed by atoms with E-state index in [-0.39, 0.29) is 0 Å². The molecule has 0 atom stereocenters. The largest absolute Gasteiger partial charge is 0.425 e. The summed E-state index contributed by atoms with van der Waals surface area (Å²) in [5.41, 5.74) is 0.521. The van der Waals surface area contributed by atoms with Gasteiger partial charge in [-0.3, -0.25) is 10.1 Å². The van der Waals surface area contributed by atoms with Gasteiger partial charge in [0.15, 0.2) is 5.56 Å². The van der Waals surface area contributed by atoms with E-state index in [1.165, 1.54) is 0 Å². The molecule has 0 spiro atoms. The molecule has 0 saturated heterocycles. The van der Waals surface area contributed by atoms with Crippen LogP contribution < -0.4 is 5.73 Å². The Bertz CT molecular complexity index is 416. The zero-order valence-electron chi connectivity index (χ0n) is 7.01. The highest BCUT2D eigenvalue weighted by atomic mass is 19.4. The maximum atomic E-state index is 12.7. The topological polar surface area (TPSA) is 69.2 Å². The summed E-state index contributed by atoms with van der Waals surface area (Å²) >= 11 is 0. The summed E-state index contributed by atoms with van der Waals surface area (Å²) in [5.74, 6) is -1.34. The number of anilines is 1. The quantitative estimate of drug-likeness (QED) is 0.344. The van der Waals surface area contributed by atoms with E-state index >= 15 is 0 Å². The van der Waals surface area contributed by atoms with Crippen LogP contribution in [0.4, 0.5) is 28.9 Å². The van der Waals surface area contributed by atoms with E-state index in [1.807, 2.05) is 0 Å². The van der Waals surface area contributed by atoms with E-state index in [9.17, 15) is 27.7 Å². The van der Waals surface area contributed by atoms with Gasteiger partial charge in [-0.15, -0.1) is 0 Å². The molecule has 0 unspecified atom stereocenters. The number of benzene rings is 1. The van der Waals surface area contributed by atoms with Crippen molar-refractivity contribution in [2.75, 3.05) is 5.73 Å². The molecule has 0 aliphatic heterocycles. The van der Waals surface area contributed by atoms with Crippen LogP contribution in [-0.4, -0.2) is 4.92 Å². The third-order valence-electron chi connectivity index (χ3n) is 1.65. The predicted octanol–water partition coefficient (Wildman–Crippen LogP) is 2.33. The predicted molar refractivity (Wildman–Crippen MR) is 42.5 cm³/mol. The number of nitro groups is 1. The van der Waals surface area contributed by atoms with Crippen LogP contribution in [0.1, 0.15) is 5.56 Å². The fourth-order valence-corrected chi connectivity index (χ4v) is 1.03. The summed E-state index contributed by atoms with van der Waals surface area (Å²) in [6.45, 7) is 0. The third-order valence-corrected chi connectivity index (χ3v) is 1.65. The maximum absolute atomic E-state index is 12.7. The standard InChI is InChI=1S/C7H4F4N2O2/c8-3-1-2-4(13(14)15)5(6(3)12)7(9,10)11/h1-2H,12H2. The zero-order chi connectivity index (χ0) is 11.8. The average molecular weight is 224 g/mol. The average Bonchev–Trinajstić information content (AvgIpc) is 2.06. The van der Waals surface area contributed by atoms with Gasteiger partial charge in [-0.2, -0.15) is 13.2 Å². The molecule has 4 nitrogen and oxygen atoms in total. The van der Waals surface area contributed by atoms with Crippen molar-refractivity contribution in [1.29, 1.82) is 0 Å². The molecule has 1 aromatic rings. The van der Waals surface area contributed by atoms with Gasteiger partial charge in [0.25, 0.3) is 5.69 Å². The maximum Gasteiger partial charge on any atom is 0.425 e. The molecule has 0 heterocycles. The van der Waals surface area contributed by atoms with Gasteiger partial charge in [-0.1, -0.05) is 0 Å². The van der Waals surface area contributed by atoms with Crippen LogP contribution in [0.15, 0.2) is 12.1 Å². The second kappa shape index (κ2) is 3.37. The lowest BCUT2D eigenvalue weighted by molar-refractivity contribution is -0.388. The van der Waals surface area contributed by atoms with Crippen LogP contribution in [-0.2, 0) is 6.18 Å². The Kier molecular flexibility index (Phi) is 2.52. The second-order valence-corrected chi connectivity index (χ2v) is 2.61. The molecule has 0 aliphatic rings. The zero-order valence-corrected chi connectivity index (χ0v) is 7.01. The first-order chi connectivity index (χ1) is 6.75. The normalized spacial score (nSPS) is 11.5. The molecule has 82 valence electrons. The molecule has 0 saturated carbocycles. The van der Waals surface area contributed by atoms with Crippen LogP contribution in [0.3, 0.4) is 0 Å². The van der Waals surface area contributed by atoms with E-state index in [2.05, 4.69) is 0 Å². The fraction of sp³-hybridized carbons (Fsp3) is 0.143. The van der Waals surface area contributed by atoms with E-state index in [0.717, 1.165) is 0 Å². The molecule has 2 N–H and O–H groups in total. The van der Waals surface area contributed by atoms with Gasteiger partial charge in [-0.05, 0) is 6.07 Å². The molecule has 1 rings (SSSR count). The first-order valence-electron chi connectivity index (χ1n) is 3.54. The van der Waals surface area contributed by atoms with Gasteiger partial charge in [-0.25, -0.2) is 4.39 Å². The minimum Gasteiger partial charge on any atom is -0.396 e. The van der Waals surface area contributed by atoms with Crippen molar-refractivity contribution < 1.29 is 22.5 Å². The van der Waals surface area contributed by atoms with E-state index < -0.39 is 33.9 Å². The number of rotatable bonds is 1. The van der Waals surface area contributed by atoms with Gasteiger partial charge in [0.2, 0.25) is 0 Å². The number of nitrogens with two attached hydrogens (primary N) is 1. The number of hydrogen-bond acceptors (Lipinski definition) is 3. The molecule has 0 radical (unpaired) electrons. The molecule has 0 aliphatic carbocycles. The molecule has 0 aromatic heterocycles. The van der Waals surface area contributed by atoms with Gasteiger partial charge in [0.05, 0.1) is 10.6 Å². The van der Waals surface area contributed by atoms with Crippen molar-refractivity contribution in [3.8, 4) is 0 Å². The molecule has 0 bridgehead atoms. The summed E-state index contributed by atoms with van der Waals surface area (Å²) < 4.78 is 49.6. The Hall–Kier alpha value is -1.86. The number of halogens is 4. The van der Waals surface area contributed by atoms with Crippen LogP contribution in [0, 0.1) is 15.9 Å². The monoisotopic (exact) mass is 224 g/mol. The van der Waals surface area contributed by atoms with Gasteiger partial charge in [0.1, 0.15) is 5.82 Å². The summed E-state index contributed by atoms with van der Waals surface area (Å²) in [7, 11) is 0. The number of alkyl halides is 3. The minimum absolute atomic E-state index is 0.425. The summed E-state index contributed by atoms with van der Waals surface area (Å²) in [4.78, 5) is 8.99. The Balaban J connectivity index is 3.57.